The molecule has 3 aromatic carbocycles. The maximum Gasteiger partial charge on any atom is 0.343 e. The predicted molar refractivity (Wildman–Crippen MR) is 130 cm³/mol. The monoisotopic (exact) mass is 431 g/mol. The SMILES string of the molecule is CC(C)(C)c1ccc(C(=O)Oc2ccc(/C=N/NC(=S)Nc3ccccc3)cc2)cc1. The van der Waals surface area contributed by atoms with Gasteiger partial charge in [0.05, 0.1) is 11.8 Å². The Bertz CT molecular complexity index is 1050. The highest BCUT2D eigenvalue weighted by atomic mass is 32.1. The fraction of sp³-hybridized carbons (Fsp3) is 0.160. The molecule has 0 aliphatic heterocycles. The minimum atomic E-state index is -0.388. The Morgan fingerprint density at radius 2 is 1.58 bits per heavy atom. The number of benzene rings is 3. The van der Waals surface area contributed by atoms with Crippen molar-refractivity contribution < 1.29 is 9.53 Å². The first-order valence-electron chi connectivity index (χ1n) is 9.89. The summed E-state index contributed by atoms with van der Waals surface area (Å²) >= 11 is 5.20. The summed E-state index contributed by atoms with van der Waals surface area (Å²) in [6.45, 7) is 6.40. The first kappa shape index (κ1) is 22.2. The highest BCUT2D eigenvalue weighted by molar-refractivity contribution is 7.80. The smallest absolute Gasteiger partial charge is 0.343 e. The highest BCUT2D eigenvalue weighted by Gasteiger charge is 2.15. The Labute approximate surface area is 188 Å². The van der Waals surface area contributed by atoms with Gasteiger partial charge in [-0.1, -0.05) is 51.1 Å². The van der Waals surface area contributed by atoms with Gasteiger partial charge < -0.3 is 10.1 Å². The van der Waals surface area contributed by atoms with Crippen LogP contribution in [0.3, 0.4) is 0 Å². The second-order valence-corrected chi connectivity index (χ2v) is 8.38. The third-order valence-electron chi connectivity index (χ3n) is 4.49. The van der Waals surface area contributed by atoms with Crippen molar-refractivity contribution >= 4 is 35.2 Å². The number of esters is 1. The topological polar surface area (TPSA) is 62.7 Å². The quantitative estimate of drug-likeness (QED) is 0.183. The van der Waals surface area contributed by atoms with Crippen LogP contribution in [0.2, 0.25) is 0 Å². The number of hydrazone groups is 1. The van der Waals surface area contributed by atoms with Crippen molar-refractivity contribution in [2.45, 2.75) is 26.2 Å². The van der Waals surface area contributed by atoms with Gasteiger partial charge in [0, 0.05) is 5.69 Å². The van der Waals surface area contributed by atoms with Crippen molar-refractivity contribution in [1.29, 1.82) is 0 Å². The van der Waals surface area contributed by atoms with Crippen LogP contribution in [0.5, 0.6) is 5.75 Å². The van der Waals surface area contributed by atoms with Crippen LogP contribution in [-0.2, 0) is 5.41 Å². The van der Waals surface area contributed by atoms with Gasteiger partial charge in [0.1, 0.15) is 5.75 Å². The number of para-hydroxylation sites is 1. The Morgan fingerprint density at radius 1 is 0.935 bits per heavy atom. The van der Waals surface area contributed by atoms with Gasteiger partial charge in [-0.2, -0.15) is 5.10 Å². The molecule has 0 heterocycles. The molecule has 0 spiro atoms. The molecule has 0 radical (unpaired) electrons. The van der Waals surface area contributed by atoms with Crippen LogP contribution in [0.25, 0.3) is 0 Å². The molecule has 0 saturated carbocycles. The first-order valence-corrected chi connectivity index (χ1v) is 10.3. The van der Waals surface area contributed by atoms with Gasteiger partial charge in [-0.25, -0.2) is 4.79 Å². The Morgan fingerprint density at radius 3 is 2.19 bits per heavy atom. The van der Waals surface area contributed by atoms with E-state index in [2.05, 4.69) is 36.6 Å². The number of anilines is 1. The summed E-state index contributed by atoms with van der Waals surface area (Å²) in [6, 6.07) is 24.2. The second-order valence-electron chi connectivity index (χ2n) is 7.98. The molecule has 3 rings (SSSR count). The number of carbonyl (C=O) groups is 1. The first-order chi connectivity index (χ1) is 14.8. The van der Waals surface area contributed by atoms with Crippen molar-refractivity contribution in [3.8, 4) is 5.75 Å². The Balaban J connectivity index is 1.52. The van der Waals surface area contributed by atoms with Gasteiger partial charge >= 0.3 is 5.97 Å². The summed E-state index contributed by atoms with van der Waals surface area (Å²) in [5.41, 5.74) is 6.21. The number of carbonyl (C=O) groups excluding carboxylic acids is 1. The Kier molecular flexibility index (Phi) is 7.15. The average Bonchev–Trinajstić information content (AvgIpc) is 2.75. The van der Waals surface area contributed by atoms with Crippen LogP contribution < -0.4 is 15.5 Å². The molecule has 2 N–H and O–H groups in total. The van der Waals surface area contributed by atoms with Gasteiger partial charge in [-0.05, 0) is 77.3 Å². The summed E-state index contributed by atoms with van der Waals surface area (Å²) in [4.78, 5) is 12.4. The molecule has 3 aromatic rings. The summed E-state index contributed by atoms with van der Waals surface area (Å²) in [5.74, 6) is 0.0807. The molecular weight excluding hydrogens is 406 g/mol. The lowest BCUT2D eigenvalue weighted by atomic mass is 9.87. The van der Waals surface area contributed by atoms with E-state index in [0.29, 0.717) is 16.4 Å². The van der Waals surface area contributed by atoms with Gasteiger partial charge in [-0.15, -0.1) is 0 Å². The largest absolute Gasteiger partial charge is 0.423 e. The van der Waals surface area contributed by atoms with Crippen molar-refractivity contribution in [2.75, 3.05) is 5.32 Å². The second kappa shape index (κ2) is 10.00. The van der Waals surface area contributed by atoms with Crippen LogP contribution in [0.15, 0.2) is 84.0 Å². The van der Waals surface area contributed by atoms with Crippen LogP contribution in [0, 0.1) is 0 Å². The van der Waals surface area contributed by atoms with E-state index in [0.717, 1.165) is 11.3 Å². The van der Waals surface area contributed by atoms with Crippen molar-refractivity contribution in [3.63, 3.8) is 0 Å². The third-order valence-corrected chi connectivity index (χ3v) is 4.68. The lowest BCUT2D eigenvalue weighted by Crippen LogP contribution is -2.23. The number of nitrogens with one attached hydrogen (secondary N) is 2. The van der Waals surface area contributed by atoms with Crippen molar-refractivity contribution in [2.24, 2.45) is 5.10 Å². The molecule has 5 nitrogen and oxygen atoms in total. The van der Waals surface area contributed by atoms with Crippen molar-refractivity contribution in [3.05, 3.63) is 95.6 Å². The van der Waals surface area contributed by atoms with E-state index < -0.39 is 0 Å². The maximum atomic E-state index is 12.4. The molecule has 6 heteroatoms. The van der Waals surface area contributed by atoms with E-state index in [1.165, 1.54) is 5.56 Å². The van der Waals surface area contributed by atoms with Crippen LogP contribution in [0.1, 0.15) is 42.3 Å². The van der Waals surface area contributed by atoms with Gasteiger partial charge in [-0.3, -0.25) is 5.43 Å². The minimum absolute atomic E-state index is 0.0377. The molecule has 0 bridgehead atoms. The average molecular weight is 432 g/mol. The summed E-state index contributed by atoms with van der Waals surface area (Å²) < 4.78 is 5.46. The number of thiocarbonyl (C=S) groups is 1. The van der Waals surface area contributed by atoms with E-state index in [1.807, 2.05) is 54.6 Å². The van der Waals surface area contributed by atoms with Gasteiger partial charge in [0.2, 0.25) is 0 Å². The molecule has 0 amide bonds. The van der Waals surface area contributed by atoms with E-state index in [1.54, 1.807) is 30.5 Å². The number of nitrogens with zero attached hydrogens (tertiary/aromatic N) is 1. The molecule has 0 atom stereocenters. The molecule has 0 saturated heterocycles. The maximum absolute atomic E-state index is 12.4. The molecule has 31 heavy (non-hydrogen) atoms. The lowest BCUT2D eigenvalue weighted by molar-refractivity contribution is 0.0734. The molecule has 0 aromatic heterocycles. The van der Waals surface area contributed by atoms with Crippen LogP contribution >= 0.6 is 12.2 Å². The van der Waals surface area contributed by atoms with Gasteiger partial charge in [0.25, 0.3) is 0 Å². The zero-order chi connectivity index (χ0) is 22.3. The molecule has 0 aliphatic rings. The molecule has 158 valence electrons. The normalized spacial score (nSPS) is 11.2. The van der Waals surface area contributed by atoms with E-state index in [9.17, 15) is 4.79 Å². The third kappa shape index (κ3) is 6.76. The van der Waals surface area contributed by atoms with E-state index >= 15 is 0 Å². The lowest BCUT2D eigenvalue weighted by Gasteiger charge is -2.18. The van der Waals surface area contributed by atoms with Crippen LogP contribution in [-0.4, -0.2) is 17.3 Å². The predicted octanol–water partition coefficient (Wildman–Crippen LogP) is 5.52. The minimum Gasteiger partial charge on any atom is -0.423 e. The molecular formula is C25H25N3O2S. The number of hydrogen-bond donors (Lipinski definition) is 2. The highest BCUT2D eigenvalue weighted by Crippen LogP contribution is 2.22. The summed E-state index contributed by atoms with van der Waals surface area (Å²) in [6.07, 6.45) is 1.63. The van der Waals surface area contributed by atoms with Crippen LogP contribution in [0.4, 0.5) is 5.69 Å². The van der Waals surface area contributed by atoms with E-state index in [4.69, 9.17) is 17.0 Å². The number of ether oxygens (including phenoxy) is 1. The van der Waals surface area contributed by atoms with Gasteiger partial charge in [0.15, 0.2) is 5.11 Å². The summed E-state index contributed by atoms with van der Waals surface area (Å²) in [7, 11) is 0. The van der Waals surface area contributed by atoms with E-state index in [-0.39, 0.29) is 11.4 Å². The Hall–Kier alpha value is -3.51. The molecule has 0 unspecified atom stereocenters. The summed E-state index contributed by atoms with van der Waals surface area (Å²) in [5, 5.41) is 7.55. The fourth-order valence-electron chi connectivity index (χ4n) is 2.74. The number of hydrogen-bond acceptors (Lipinski definition) is 4. The number of rotatable bonds is 5. The zero-order valence-corrected chi connectivity index (χ0v) is 18.6. The zero-order valence-electron chi connectivity index (χ0n) is 17.8. The standard InChI is InChI=1S/C25H25N3O2S/c1-25(2,3)20-13-11-19(12-14-20)23(29)30-22-15-9-18(10-16-22)17-26-28-24(31)27-21-7-5-4-6-8-21/h4-17H,1-3H3,(H2,27,28,31)/b26-17+. The molecule has 0 fully saturated rings. The fourth-order valence-corrected chi connectivity index (χ4v) is 2.91. The molecule has 0 aliphatic carbocycles. The van der Waals surface area contributed by atoms with Crippen molar-refractivity contribution in [1.82, 2.24) is 5.43 Å².